The molecule has 0 saturated heterocycles. The highest BCUT2D eigenvalue weighted by atomic mass is 127. The number of rotatable bonds is 8. The predicted octanol–water partition coefficient (Wildman–Crippen LogP) is 4.03. The Morgan fingerprint density at radius 2 is 2.10 bits per heavy atom. The largest absolute Gasteiger partial charge is 0.378 e. The Hall–Kier alpha value is -1.68. The van der Waals surface area contributed by atoms with Crippen LogP contribution in [0.2, 0.25) is 0 Å². The van der Waals surface area contributed by atoms with Gasteiger partial charge in [0.2, 0.25) is 0 Å². The fraction of sp³-hybridized carbons (Fsp3) is 0.524. The van der Waals surface area contributed by atoms with E-state index in [-0.39, 0.29) is 29.8 Å². The van der Waals surface area contributed by atoms with E-state index < -0.39 is 0 Å². The van der Waals surface area contributed by atoms with Crippen LogP contribution in [0.1, 0.15) is 44.1 Å². The van der Waals surface area contributed by atoms with Crippen LogP contribution in [0.5, 0.6) is 0 Å². The van der Waals surface area contributed by atoms with E-state index in [0.29, 0.717) is 24.3 Å². The number of ether oxygens (including phenoxy) is 1. The van der Waals surface area contributed by atoms with E-state index >= 15 is 0 Å². The summed E-state index contributed by atoms with van der Waals surface area (Å²) in [6.07, 6.45) is 12.7. The van der Waals surface area contributed by atoms with Crippen molar-refractivity contribution in [2.45, 2.75) is 51.2 Å². The van der Waals surface area contributed by atoms with Gasteiger partial charge in [-0.15, -0.1) is 24.0 Å². The van der Waals surface area contributed by atoms with Gasteiger partial charge < -0.3 is 19.9 Å². The summed E-state index contributed by atoms with van der Waals surface area (Å²) in [5.41, 5.74) is 1.34. The maximum Gasteiger partial charge on any atom is 0.191 e. The van der Waals surface area contributed by atoms with Gasteiger partial charge in [-0.1, -0.05) is 25.3 Å². The maximum absolute atomic E-state index is 14.3. The molecule has 2 N–H and O–H groups in total. The van der Waals surface area contributed by atoms with Crippen LogP contribution in [-0.4, -0.2) is 41.8 Å². The molecule has 8 heteroatoms. The first kappa shape index (κ1) is 23.6. The highest BCUT2D eigenvalue weighted by Gasteiger charge is 2.13. The number of benzene rings is 1. The number of hydrogen-bond donors (Lipinski definition) is 2. The Labute approximate surface area is 189 Å². The zero-order valence-electron chi connectivity index (χ0n) is 16.9. The van der Waals surface area contributed by atoms with Crippen molar-refractivity contribution < 1.29 is 9.13 Å². The van der Waals surface area contributed by atoms with Crippen LogP contribution in [0, 0.1) is 5.82 Å². The molecule has 1 saturated carbocycles. The van der Waals surface area contributed by atoms with Crippen molar-refractivity contribution in [3.8, 4) is 5.69 Å². The lowest BCUT2D eigenvalue weighted by molar-refractivity contribution is 0.0277. The summed E-state index contributed by atoms with van der Waals surface area (Å²) in [6.45, 7) is 2.06. The van der Waals surface area contributed by atoms with Crippen LogP contribution in [-0.2, 0) is 11.3 Å². The highest BCUT2D eigenvalue weighted by molar-refractivity contribution is 14.0. The third-order valence-corrected chi connectivity index (χ3v) is 5.00. The molecule has 1 aliphatic carbocycles. The van der Waals surface area contributed by atoms with Crippen molar-refractivity contribution in [2.24, 2.45) is 4.99 Å². The van der Waals surface area contributed by atoms with Gasteiger partial charge in [0, 0.05) is 39.1 Å². The van der Waals surface area contributed by atoms with Crippen LogP contribution < -0.4 is 10.6 Å². The Morgan fingerprint density at radius 3 is 2.79 bits per heavy atom. The van der Waals surface area contributed by atoms with Gasteiger partial charge in [-0.05, 0) is 37.0 Å². The molecule has 6 nitrogen and oxygen atoms in total. The van der Waals surface area contributed by atoms with Crippen LogP contribution in [0.25, 0.3) is 5.69 Å². The molecule has 1 aromatic carbocycles. The first-order valence-corrected chi connectivity index (χ1v) is 10.1. The normalized spacial score (nSPS) is 15.0. The second kappa shape index (κ2) is 12.8. The van der Waals surface area contributed by atoms with E-state index in [1.807, 2.05) is 6.07 Å². The van der Waals surface area contributed by atoms with Crippen molar-refractivity contribution in [1.82, 2.24) is 20.2 Å². The van der Waals surface area contributed by atoms with Crippen molar-refractivity contribution in [1.29, 1.82) is 0 Å². The van der Waals surface area contributed by atoms with Crippen LogP contribution in [0.4, 0.5) is 4.39 Å². The summed E-state index contributed by atoms with van der Waals surface area (Å²) < 4.78 is 21.9. The molecule has 160 valence electrons. The highest BCUT2D eigenvalue weighted by Crippen LogP contribution is 2.20. The van der Waals surface area contributed by atoms with Gasteiger partial charge >= 0.3 is 0 Å². The maximum atomic E-state index is 14.3. The molecule has 1 aliphatic rings. The molecular weight excluding hydrogens is 484 g/mol. The molecule has 0 amide bonds. The minimum Gasteiger partial charge on any atom is -0.378 e. The van der Waals surface area contributed by atoms with Crippen molar-refractivity contribution >= 4 is 29.9 Å². The Bertz CT molecular complexity index is 748. The zero-order valence-corrected chi connectivity index (χ0v) is 19.3. The van der Waals surface area contributed by atoms with Gasteiger partial charge in [-0.25, -0.2) is 9.37 Å². The fourth-order valence-electron chi connectivity index (χ4n) is 3.44. The minimum atomic E-state index is -0.278. The van der Waals surface area contributed by atoms with Gasteiger partial charge in [-0.2, -0.15) is 0 Å². The lowest BCUT2D eigenvalue weighted by Gasteiger charge is -2.22. The molecule has 0 bridgehead atoms. The monoisotopic (exact) mass is 515 g/mol. The third-order valence-electron chi connectivity index (χ3n) is 5.00. The van der Waals surface area contributed by atoms with Gasteiger partial charge in [0.1, 0.15) is 5.82 Å². The molecule has 3 rings (SSSR count). The van der Waals surface area contributed by atoms with E-state index in [4.69, 9.17) is 4.74 Å². The molecule has 0 radical (unpaired) electrons. The summed E-state index contributed by atoms with van der Waals surface area (Å²) in [4.78, 5) is 8.17. The van der Waals surface area contributed by atoms with Crippen LogP contribution in [0.3, 0.4) is 0 Å². The van der Waals surface area contributed by atoms with Crippen molar-refractivity contribution in [3.05, 3.63) is 48.3 Å². The number of nitrogens with zero attached hydrogens (tertiary/aromatic N) is 3. The van der Waals surface area contributed by atoms with Crippen LogP contribution >= 0.6 is 24.0 Å². The zero-order chi connectivity index (χ0) is 19.6. The standard InChI is InChI=1S/C21H30FN5O.HI/c1-23-21(25-10-5-13-28-18-6-3-2-4-7-18)26-15-17-8-9-20(19(22)14-17)27-12-11-24-16-27;/h8-9,11-12,14,16,18H,2-7,10,13,15H2,1H3,(H2,23,25,26);1H. The SMILES string of the molecule is CN=C(NCCCOC1CCCCC1)NCc1ccc(-n2ccnc2)c(F)c1.I. The summed E-state index contributed by atoms with van der Waals surface area (Å²) in [5.74, 6) is 0.428. The van der Waals surface area contributed by atoms with E-state index in [2.05, 4.69) is 20.6 Å². The smallest absolute Gasteiger partial charge is 0.191 e. The molecule has 1 heterocycles. The minimum absolute atomic E-state index is 0. The topological polar surface area (TPSA) is 63.5 Å². The second-order valence-corrected chi connectivity index (χ2v) is 7.09. The third kappa shape index (κ3) is 7.58. The first-order valence-electron chi connectivity index (χ1n) is 10.1. The van der Waals surface area contributed by atoms with Crippen molar-refractivity contribution in [3.63, 3.8) is 0 Å². The molecule has 1 fully saturated rings. The lowest BCUT2D eigenvalue weighted by Crippen LogP contribution is -2.37. The number of halogens is 2. The van der Waals surface area contributed by atoms with Crippen molar-refractivity contribution in [2.75, 3.05) is 20.2 Å². The molecule has 0 aliphatic heterocycles. The Balaban J connectivity index is 0.00000300. The number of imidazole rings is 1. The molecule has 0 atom stereocenters. The predicted molar refractivity (Wildman–Crippen MR) is 125 cm³/mol. The van der Waals surface area contributed by atoms with Gasteiger partial charge in [0.15, 0.2) is 5.96 Å². The first-order chi connectivity index (χ1) is 13.8. The van der Waals surface area contributed by atoms with Gasteiger partial charge in [0.05, 0.1) is 18.1 Å². The summed E-state index contributed by atoms with van der Waals surface area (Å²) >= 11 is 0. The summed E-state index contributed by atoms with van der Waals surface area (Å²) in [5, 5.41) is 6.50. The van der Waals surface area contributed by atoms with E-state index in [1.54, 1.807) is 36.4 Å². The summed E-state index contributed by atoms with van der Waals surface area (Å²) in [7, 11) is 1.73. The molecule has 0 spiro atoms. The molecule has 1 aromatic heterocycles. The molecule has 29 heavy (non-hydrogen) atoms. The van der Waals surface area contributed by atoms with Gasteiger partial charge in [0.25, 0.3) is 0 Å². The number of guanidine groups is 1. The Morgan fingerprint density at radius 1 is 1.28 bits per heavy atom. The van der Waals surface area contributed by atoms with E-state index in [1.165, 1.54) is 38.2 Å². The number of nitrogens with one attached hydrogen (secondary N) is 2. The average molecular weight is 515 g/mol. The number of hydrogen-bond acceptors (Lipinski definition) is 3. The van der Waals surface area contributed by atoms with E-state index in [0.717, 1.165) is 25.1 Å². The quantitative estimate of drug-likeness (QED) is 0.241. The van der Waals surface area contributed by atoms with E-state index in [9.17, 15) is 4.39 Å². The fourth-order valence-corrected chi connectivity index (χ4v) is 3.44. The van der Waals surface area contributed by atoms with Crippen LogP contribution in [0.15, 0.2) is 41.9 Å². The molecule has 0 unspecified atom stereocenters. The molecular formula is C21H31FIN5O. The second-order valence-electron chi connectivity index (χ2n) is 7.09. The van der Waals surface area contributed by atoms with Gasteiger partial charge in [-0.3, -0.25) is 4.99 Å². The molecule has 2 aromatic rings. The summed E-state index contributed by atoms with van der Waals surface area (Å²) in [6, 6.07) is 5.19. The Kier molecular flexibility index (Phi) is 10.4. The number of aliphatic imine (C=N–C) groups is 1. The average Bonchev–Trinajstić information content (AvgIpc) is 3.25. The lowest BCUT2D eigenvalue weighted by atomic mass is 9.98. The number of aromatic nitrogens is 2.